The quantitative estimate of drug-likeness (QED) is 0.667. The molecule has 0 radical (unpaired) electrons. The van der Waals surface area contributed by atoms with Gasteiger partial charge < -0.3 is 9.64 Å². The van der Waals surface area contributed by atoms with Crippen LogP contribution in [0, 0.1) is 0 Å². The predicted molar refractivity (Wildman–Crippen MR) is 78.4 cm³/mol. The third-order valence-electron chi connectivity index (χ3n) is 3.68. The number of hydrogen-bond donors (Lipinski definition) is 0. The number of unbranched alkanes of at least 4 members (excludes halogenated alkanes) is 1. The molecule has 1 unspecified atom stereocenters. The van der Waals surface area contributed by atoms with E-state index in [1.807, 2.05) is 11.9 Å². The average molecular weight is 284 g/mol. The Morgan fingerprint density at radius 2 is 2.05 bits per heavy atom. The van der Waals surface area contributed by atoms with E-state index >= 15 is 0 Å². The lowest BCUT2D eigenvalue weighted by molar-refractivity contribution is -0.156. The topological polar surface area (TPSA) is 49.9 Å². The summed E-state index contributed by atoms with van der Waals surface area (Å²) < 4.78 is 5.09. The maximum Gasteiger partial charge on any atom is 0.328 e. The molecular formula is C15H28N2O3. The van der Waals surface area contributed by atoms with E-state index in [2.05, 4.69) is 6.92 Å². The summed E-state index contributed by atoms with van der Waals surface area (Å²) in [5, 5.41) is 0. The molecule has 1 amide bonds. The molecule has 0 spiro atoms. The van der Waals surface area contributed by atoms with Crippen molar-refractivity contribution in [1.82, 2.24) is 9.80 Å². The van der Waals surface area contributed by atoms with Crippen LogP contribution in [0.15, 0.2) is 0 Å². The highest BCUT2D eigenvalue weighted by molar-refractivity contribution is 5.85. The van der Waals surface area contributed by atoms with E-state index in [0.717, 1.165) is 38.6 Å². The van der Waals surface area contributed by atoms with Crippen LogP contribution in [0.3, 0.4) is 0 Å². The molecule has 0 saturated carbocycles. The molecule has 0 bridgehead atoms. The van der Waals surface area contributed by atoms with Gasteiger partial charge in [0.15, 0.2) is 0 Å². The summed E-state index contributed by atoms with van der Waals surface area (Å²) in [6, 6.07) is -0.379. The summed E-state index contributed by atoms with van der Waals surface area (Å²) in [6.45, 7) is 6.27. The number of esters is 1. The van der Waals surface area contributed by atoms with Gasteiger partial charge >= 0.3 is 5.97 Å². The monoisotopic (exact) mass is 284 g/mol. The zero-order valence-electron chi connectivity index (χ0n) is 13.1. The van der Waals surface area contributed by atoms with Crippen molar-refractivity contribution in [3.05, 3.63) is 0 Å². The van der Waals surface area contributed by atoms with Crippen LogP contribution in [0.5, 0.6) is 0 Å². The molecule has 1 atom stereocenters. The second kappa shape index (κ2) is 8.95. The first-order valence-corrected chi connectivity index (χ1v) is 7.74. The Kier molecular flexibility index (Phi) is 7.59. The zero-order chi connectivity index (χ0) is 15.0. The van der Waals surface area contributed by atoms with Crippen molar-refractivity contribution >= 4 is 11.9 Å². The van der Waals surface area contributed by atoms with Crippen LogP contribution in [-0.2, 0) is 14.3 Å². The van der Waals surface area contributed by atoms with Gasteiger partial charge in [0.25, 0.3) is 0 Å². The molecule has 1 heterocycles. The van der Waals surface area contributed by atoms with Crippen molar-refractivity contribution in [1.29, 1.82) is 0 Å². The Balaban J connectivity index is 2.55. The Labute approximate surface area is 122 Å². The number of hydrogen-bond acceptors (Lipinski definition) is 4. The summed E-state index contributed by atoms with van der Waals surface area (Å²) in [5.41, 5.74) is 0. The van der Waals surface area contributed by atoms with Gasteiger partial charge in [-0.3, -0.25) is 9.69 Å². The second-order valence-electron chi connectivity index (χ2n) is 5.44. The van der Waals surface area contributed by atoms with E-state index in [4.69, 9.17) is 4.74 Å². The fourth-order valence-corrected chi connectivity index (χ4v) is 2.54. The minimum atomic E-state index is -0.379. The van der Waals surface area contributed by atoms with Gasteiger partial charge in [-0.25, -0.2) is 4.79 Å². The van der Waals surface area contributed by atoms with Gasteiger partial charge in [-0.2, -0.15) is 0 Å². The molecule has 0 aliphatic carbocycles. The maximum atomic E-state index is 12.4. The normalized spacial score (nSPS) is 19.2. The van der Waals surface area contributed by atoms with Gasteiger partial charge in [0, 0.05) is 6.54 Å². The molecule has 1 saturated heterocycles. The highest BCUT2D eigenvalue weighted by Gasteiger charge is 2.33. The van der Waals surface area contributed by atoms with Gasteiger partial charge in [0.2, 0.25) is 5.91 Å². The van der Waals surface area contributed by atoms with E-state index in [1.165, 1.54) is 0 Å². The largest absolute Gasteiger partial charge is 0.464 e. The summed E-state index contributed by atoms with van der Waals surface area (Å²) in [7, 11) is 1.96. The number of amides is 1. The van der Waals surface area contributed by atoms with E-state index in [1.54, 1.807) is 11.8 Å². The molecule has 0 aromatic rings. The fourth-order valence-electron chi connectivity index (χ4n) is 2.54. The summed E-state index contributed by atoms with van der Waals surface area (Å²) in [6.07, 6.45) is 4.89. The molecule has 0 aromatic heterocycles. The maximum absolute atomic E-state index is 12.4. The molecule has 116 valence electrons. The molecule has 1 aliphatic heterocycles. The highest BCUT2D eigenvalue weighted by Crippen LogP contribution is 2.18. The van der Waals surface area contributed by atoms with Crippen LogP contribution in [0.25, 0.3) is 0 Å². The lowest BCUT2D eigenvalue weighted by atomic mass is 10.0. The van der Waals surface area contributed by atoms with Crippen LogP contribution in [0.4, 0.5) is 0 Å². The number of likely N-dealkylation sites (N-methyl/N-ethyl adjacent to an activating group) is 1. The molecule has 1 fully saturated rings. The van der Waals surface area contributed by atoms with Crippen LogP contribution in [0.1, 0.15) is 46.0 Å². The molecule has 1 rings (SSSR count). The highest BCUT2D eigenvalue weighted by atomic mass is 16.5. The lowest BCUT2D eigenvalue weighted by Gasteiger charge is -2.35. The Bertz CT molecular complexity index is 320. The first kappa shape index (κ1) is 17.0. The van der Waals surface area contributed by atoms with Crippen LogP contribution < -0.4 is 0 Å². The van der Waals surface area contributed by atoms with Gasteiger partial charge in [-0.05, 0) is 46.2 Å². The Morgan fingerprint density at radius 1 is 1.30 bits per heavy atom. The van der Waals surface area contributed by atoms with Gasteiger partial charge in [-0.1, -0.05) is 13.3 Å². The SMILES string of the molecule is CCCCN(C)CC(=O)N1CCCCC1C(=O)OCC. The first-order valence-electron chi connectivity index (χ1n) is 7.74. The van der Waals surface area contributed by atoms with Crippen molar-refractivity contribution in [3.63, 3.8) is 0 Å². The van der Waals surface area contributed by atoms with E-state index in [9.17, 15) is 9.59 Å². The third kappa shape index (κ3) is 5.12. The van der Waals surface area contributed by atoms with Crippen molar-refractivity contribution in [2.45, 2.75) is 52.0 Å². The van der Waals surface area contributed by atoms with Crippen LogP contribution >= 0.6 is 0 Å². The predicted octanol–water partition coefficient (Wildman–Crippen LogP) is 1.66. The van der Waals surface area contributed by atoms with E-state index in [-0.39, 0.29) is 17.9 Å². The van der Waals surface area contributed by atoms with Gasteiger partial charge in [0.05, 0.1) is 13.2 Å². The molecule has 5 nitrogen and oxygen atoms in total. The van der Waals surface area contributed by atoms with Crippen LogP contribution in [-0.4, -0.2) is 61.0 Å². The summed E-state index contributed by atoms with van der Waals surface area (Å²) in [4.78, 5) is 28.1. The third-order valence-corrected chi connectivity index (χ3v) is 3.68. The number of piperidine rings is 1. The summed E-state index contributed by atoms with van der Waals surface area (Å²) >= 11 is 0. The van der Waals surface area contributed by atoms with E-state index < -0.39 is 0 Å². The number of likely N-dealkylation sites (tertiary alicyclic amines) is 1. The molecule has 1 aliphatic rings. The Morgan fingerprint density at radius 3 is 2.70 bits per heavy atom. The molecule has 5 heteroatoms. The van der Waals surface area contributed by atoms with Crippen molar-refractivity contribution in [2.24, 2.45) is 0 Å². The lowest BCUT2D eigenvalue weighted by Crippen LogP contribution is -2.51. The Hall–Kier alpha value is -1.10. The fraction of sp³-hybridized carbons (Fsp3) is 0.867. The van der Waals surface area contributed by atoms with Crippen molar-refractivity contribution in [2.75, 3.05) is 33.3 Å². The summed E-state index contributed by atoms with van der Waals surface area (Å²) in [5.74, 6) is -0.210. The smallest absolute Gasteiger partial charge is 0.328 e. The van der Waals surface area contributed by atoms with Gasteiger partial charge in [-0.15, -0.1) is 0 Å². The number of carbonyl (C=O) groups excluding carboxylic acids is 2. The average Bonchev–Trinajstić information content (AvgIpc) is 2.45. The second-order valence-corrected chi connectivity index (χ2v) is 5.44. The minimum absolute atomic E-state index is 0.0429. The zero-order valence-corrected chi connectivity index (χ0v) is 13.1. The van der Waals surface area contributed by atoms with E-state index in [0.29, 0.717) is 19.7 Å². The van der Waals surface area contributed by atoms with Crippen LogP contribution in [0.2, 0.25) is 0 Å². The molecule has 20 heavy (non-hydrogen) atoms. The van der Waals surface area contributed by atoms with Gasteiger partial charge in [0.1, 0.15) is 6.04 Å². The molecule has 0 aromatic carbocycles. The number of ether oxygens (including phenoxy) is 1. The molecular weight excluding hydrogens is 256 g/mol. The van der Waals surface area contributed by atoms with Crippen molar-refractivity contribution in [3.8, 4) is 0 Å². The number of carbonyl (C=O) groups is 2. The van der Waals surface area contributed by atoms with Crippen molar-refractivity contribution < 1.29 is 14.3 Å². The minimum Gasteiger partial charge on any atom is -0.464 e. The number of rotatable bonds is 7. The standard InChI is InChI=1S/C15H28N2O3/c1-4-6-10-16(3)12-14(18)17-11-8-7-9-13(17)15(19)20-5-2/h13H,4-12H2,1-3H3. The first-order chi connectivity index (χ1) is 9.60. The molecule has 0 N–H and O–H groups in total. The number of nitrogens with zero attached hydrogens (tertiary/aromatic N) is 2.